The summed E-state index contributed by atoms with van der Waals surface area (Å²) in [6.45, 7) is 0. The van der Waals surface area contributed by atoms with Crippen molar-refractivity contribution in [2.75, 3.05) is 0 Å². The highest BCUT2D eigenvalue weighted by Gasteiger charge is 2.42. The van der Waals surface area contributed by atoms with Gasteiger partial charge in [0.25, 0.3) is 0 Å². The second-order valence-electron chi connectivity index (χ2n) is 6.41. The van der Waals surface area contributed by atoms with Crippen LogP contribution in [0.5, 0.6) is 0 Å². The Morgan fingerprint density at radius 1 is 0.429 bits per heavy atom. The normalized spacial score (nSPS) is 12.4. The maximum absolute atomic E-state index is 14.6. The third-order valence-electron chi connectivity index (χ3n) is 4.25. The lowest BCUT2D eigenvalue weighted by Gasteiger charge is -2.16. The predicted octanol–water partition coefficient (Wildman–Crippen LogP) is 7.10. The first-order chi connectivity index (χ1) is 15.9. The van der Waals surface area contributed by atoms with Gasteiger partial charge < -0.3 is 0 Å². The van der Waals surface area contributed by atoms with Gasteiger partial charge in [-0.1, -0.05) is 0 Å². The van der Waals surface area contributed by atoms with Crippen molar-refractivity contribution in [3.8, 4) is 22.4 Å². The Bertz CT molecular complexity index is 1270. The molecule has 3 rings (SSSR count). The van der Waals surface area contributed by atoms with Crippen molar-refractivity contribution in [3.05, 3.63) is 69.9 Å². The standard InChI is InChI=1S/C18HF15N2/c19-7-4(2-1-3(17(28,29)30)35-16(34-2)18(31,32)33)8(20)10(22)5(9(7)21)6-11(23)13(25)15(27)14(26)12(6)24/h1H. The minimum Gasteiger partial charge on any atom is -0.224 e. The van der Waals surface area contributed by atoms with Crippen molar-refractivity contribution >= 4 is 0 Å². The zero-order valence-electron chi connectivity index (χ0n) is 15.6. The zero-order valence-corrected chi connectivity index (χ0v) is 15.6. The topological polar surface area (TPSA) is 25.8 Å². The first kappa shape index (κ1) is 26.1. The van der Waals surface area contributed by atoms with Crippen molar-refractivity contribution in [1.29, 1.82) is 0 Å². The molecule has 0 spiro atoms. The predicted molar refractivity (Wildman–Crippen MR) is 82.5 cm³/mol. The second-order valence-corrected chi connectivity index (χ2v) is 6.41. The van der Waals surface area contributed by atoms with E-state index >= 15 is 0 Å². The molecule has 17 heteroatoms. The fraction of sp³-hybridized carbons (Fsp3) is 0.111. The number of alkyl halides is 6. The molecule has 35 heavy (non-hydrogen) atoms. The Kier molecular flexibility index (Phi) is 6.18. The van der Waals surface area contributed by atoms with Crippen molar-refractivity contribution in [3.63, 3.8) is 0 Å². The quantitative estimate of drug-likeness (QED) is 0.201. The van der Waals surface area contributed by atoms with Gasteiger partial charge in [-0.15, -0.1) is 0 Å². The van der Waals surface area contributed by atoms with E-state index in [2.05, 4.69) is 9.97 Å². The lowest BCUT2D eigenvalue weighted by Crippen LogP contribution is -2.18. The summed E-state index contributed by atoms with van der Waals surface area (Å²) in [7, 11) is 0. The number of halogens is 15. The van der Waals surface area contributed by atoms with Crippen molar-refractivity contribution in [2.45, 2.75) is 12.4 Å². The third kappa shape index (κ3) is 4.22. The van der Waals surface area contributed by atoms with Crippen LogP contribution in [0.15, 0.2) is 6.07 Å². The van der Waals surface area contributed by atoms with Crippen LogP contribution in [0.25, 0.3) is 22.4 Å². The van der Waals surface area contributed by atoms with E-state index in [-0.39, 0.29) is 0 Å². The molecule has 2 aromatic carbocycles. The van der Waals surface area contributed by atoms with Gasteiger partial charge in [-0.3, -0.25) is 0 Å². The third-order valence-corrected chi connectivity index (χ3v) is 4.25. The van der Waals surface area contributed by atoms with Crippen LogP contribution < -0.4 is 0 Å². The van der Waals surface area contributed by atoms with Crippen LogP contribution in [-0.2, 0) is 12.4 Å². The lowest BCUT2D eigenvalue weighted by atomic mass is 9.97. The Hall–Kier alpha value is -3.53. The smallest absolute Gasteiger partial charge is 0.224 e. The van der Waals surface area contributed by atoms with Crippen LogP contribution >= 0.6 is 0 Å². The molecule has 0 aliphatic carbocycles. The highest BCUT2D eigenvalue weighted by molar-refractivity contribution is 5.73. The van der Waals surface area contributed by atoms with Gasteiger partial charge in [0.05, 0.1) is 22.4 Å². The molecule has 1 heterocycles. The Labute approximate surface area is 181 Å². The zero-order chi connectivity index (χ0) is 26.8. The molecule has 0 radical (unpaired) electrons. The molecule has 188 valence electrons. The van der Waals surface area contributed by atoms with Crippen LogP contribution in [-0.4, -0.2) is 9.97 Å². The Balaban J connectivity index is 2.44. The molecule has 0 saturated carbocycles. The summed E-state index contributed by atoms with van der Waals surface area (Å²) in [5, 5.41) is 0. The van der Waals surface area contributed by atoms with Gasteiger partial charge in [-0.25, -0.2) is 49.5 Å². The molecule has 0 aliphatic heterocycles. The van der Waals surface area contributed by atoms with E-state index in [4.69, 9.17) is 0 Å². The maximum Gasteiger partial charge on any atom is 0.451 e. The van der Waals surface area contributed by atoms with E-state index in [0.717, 1.165) is 0 Å². The van der Waals surface area contributed by atoms with E-state index in [1.807, 2.05) is 0 Å². The number of nitrogens with zero attached hydrogens (tertiary/aromatic N) is 2. The molecule has 0 unspecified atom stereocenters. The summed E-state index contributed by atoms with van der Waals surface area (Å²) >= 11 is 0. The SMILES string of the molecule is Fc1c(F)c(F)c(-c2c(F)c(F)c(-c3cc(C(F)(F)F)nc(C(F)(F)F)n3)c(F)c2F)c(F)c1F. The van der Waals surface area contributed by atoms with Gasteiger partial charge in [-0.2, -0.15) is 26.3 Å². The largest absolute Gasteiger partial charge is 0.451 e. The maximum atomic E-state index is 14.6. The summed E-state index contributed by atoms with van der Waals surface area (Å²) in [6.07, 6.45) is -11.5. The van der Waals surface area contributed by atoms with E-state index in [9.17, 15) is 65.9 Å². The summed E-state index contributed by atoms with van der Waals surface area (Å²) in [4.78, 5) is 4.51. The Morgan fingerprint density at radius 2 is 0.771 bits per heavy atom. The summed E-state index contributed by atoms with van der Waals surface area (Å²) < 4.78 is 203. The minimum absolute atomic E-state index is 0.534. The minimum atomic E-state index is -5.77. The van der Waals surface area contributed by atoms with Crippen LogP contribution in [0.3, 0.4) is 0 Å². The number of aromatic nitrogens is 2. The number of hydrogen-bond donors (Lipinski definition) is 0. The molecular weight excluding hydrogens is 529 g/mol. The van der Waals surface area contributed by atoms with Crippen LogP contribution in [0.4, 0.5) is 65.9 Å². The molecule has 0 atom stereocenters. The van der Waals surface area contributed by atoms with Gasteiger partial charge in [0, 0.05) is 0 Å². The van der Waals surface area contributed by atoms with E-state index in [0.29, 0.717) is 0 Å². The van der Waals surface area contributed by atoms with Crippen molar-refractivity contribution < 1.29 is 65.9 Å². The highest BCUT2D eigenvalue weighted by atomic mass is 19.4. The fourth-order valence-electron chi connectivity index (χ4n) is 2.75. The Morgan fingerprint density at radius 3 is 1.14 bits per heavy atom. The van der Waals surface area contributed by atoms with Gasteiger partial charge in [0.1, 0.15) is 5.69 Å². The van der Waals surface area contributed by atoms with Gasteiger partial charge >= 0.3 is 12.4 Å². The molecule has 1 aromatic heterocycles. The molecule has 0 fully saturated rings. The fourth-order valence-corrected chi connectivity index (χ4v) is 2.75. The average Bonchev–Trinajstić information content (AvgIpc) is 2.76. The molecule has 2 nitrogen and oxygen atoms in total. The van der Waals surface area contributed by atoms with Crippen LogP contribution in [0.1, 0.15) is 11.5 Å². The lowest BCUT2D eigenvalue weighted by molar-refractivity contribution is -0.152. The molecule has 0 aliphatic rings. The van der Waals surface area contributed by atoms with E-state index < -0.39 is 105 Å². The average molecular weight is 530 g/mol. The number of benzene rings is 2. The molecular formula is C18HF15N2. The van der Waals surface area contributed by atoms with Crippen LogP contribution in [0, 0.1) is 52.4 Å². The number of hydrogen-bond acceptors (Lipinski definition) is 2. The molecule has 0 saturated heterocycles. The molecule has 0 bridgehead atoms. The monoisotopic (exact) mass is 530 g/mol. The molecule has 0 amide bonds. The van der Waals surface area contributed by atoms with Gasteiger partial charge in [0.15, 0.2) is 46.5 Å². The van der Waals surface area contributed by atoms with Crippen molar-refractivity contribution in [2.24, 2.45) is 0 Å². The van der Waals surface area contributed by atoms with Crippen molar-refractivity contribution in [1.82, 2.24) is 9.97 Å². The van der Waals surface area contributed by atoms with Gasteiger partial charge in [-0.05, 0) is 6.07 Å². The first-order valence-corrected chi connectivity index (χ1v) is 8.31. The summed E-state index contributed by atoms with van der Waals surface area (Å²) in [5.41, 5.74) is -11.8. The summed E-state index contributed by atoms with van der Waals surface area (Å²) in [5.74, 6) is -28.5. The highest BCUT2D eigenvalue weighted by Crippen LogP contribution is 2.41. The number of rotatable bonds is 2. The van der Waals surface area contributed by atoms with Gasteiger partial charge in [0.2, 0.25) is 11.6 Å². The van der Waals surface area contributed by atoms with Crippen LogP contribution in [0.2, 0.25) is 0 Å². The van der Waals surface area contributed by atoms with E-state index in [1.54, 1.807) is 0 Å². The van der Waals surface area contributed by atoms with E-state index in [1.165, 1.54) is 0 Å². The second kappa shape index (κ2) is 8.30. The molecule has 0 N–H and O–H groups in total. The summed E-state index contributed by atoms with van der Waals surface area (Å²) in [6, 6.07) is -0.534. The molecule has 3 aromatic rings. The first-order valence-electron chi connectivity index (χ1n) is 8.31.